The largest absolute Gasteiger partial charge is 0.381 e. The molecule has 2 fully saturated rings. The molecule has 5 nitrogen and oxygen atoms in total. The molecule has 2 heterocycles. The van der Waals surface area contributed by atoms with E-state index in [0.29, 0.717) is 16.6 Å². The Morgan fingerprint density at radius 2 is 2.00 bits per heavy atom. The van der Waals surface area contributed by atoms with Crippen LogP contribution in [-0.2, 0) is 0 Å². The predicted octanol–water partition coefficient (Wildman–Crippen LogP) is 2.70. The third kappa shape index (κ3) is 5.00. The summed E-state index contributed by atoms with van der Waals surface area (Å²) in [6, 6.07) is 6.81. The van der Waals surface area contributed by atoms with Gasteiger partial charge in [0.05, 0.1) is 10.6 Å². The van der Waals surface area contributed by atoms with Gasteiger partial charge in [-0.1, -0.05) is 11.6 Å². The normalized spacial score (nSPS) is 21.6. The molecule has 0 radical (unpaired) electrons. The summed E-state index contributed by atoms with van der Waals surface area (Å²) >= 11 is 6.30. The van der Waals surface area contributed by atoms with Gasteiger partial charge in [0.15, 0.2) is 0 Å². The third-order valence-corrected chi connectivity index (χ3v) is 5.33. The minimum absolute atomic E-state index is 0. The zero-order valence-corrected chi connectivity index (χ0v) is 16.5. The fourth-order valence-electron chi connectivity index (χ4n) is 3.66. The molecule has 2 N–H and O–H groups in total. The zero-order valence-electron chi connectivity index (χ0n) is 14.9. The Kier molecular flexibility index (Phi) is 7.37. The van der Waals surface area contributed by atoms with Crippen molar-refractivity contribution in [2.75, 3.05) is 45.6 Å². The van der Waals surface area contributed by atoms with Crippen molar-refractivity contribution >= 4 is 35.6 Å². The minimum Gasteiger partial charge on any atom is -0.381 e. The molecular weight excluding hydrogens is 359 g/mol. The number of carbonyl (C=O) groups excluding carboxylic acids is 1. The van der Waals surface area contributed by atoms with Crippen LogP contribution in [0.5, 0.6) is 0 Å². The summed E-state index contributed by atoms with van der Waals surface area (Å²) in [5.41, 5.74) is 1.54. The number of amides is 1. The molecule has 1 amide bonds. The molecule has 2 aliphatic rings. The van der Waals surface area contributed by atoms with Crippen LogP contribution < -0.4 is 10.6 Å². The lowest BCUT2D eigenvalue weighted by molar-refractivity contribution is 0.0828. The van der Waals surface area contributed by atoms with Crippen LogP contribution in [0.15, 0.2) is 18.2 Å². The summed E-state index contributed by atoms with van der Waals surface area (Å²) in [6.07, 6.45) is 3.65. The van der Waals surface area contributed by atoms with E-state index in [-0.39, 0.29) is 18.3 Å². The number of anilines is 1. The summed E-state index contributed by atoms with van der Waals surface area (Å²) in [5, 5.41) is 7.52. The molecule has 0 spiro atoms. The van der Waals surface area contributed by atoms with Crippen LogP contribution in [-0.4, -0.2) is 68.1 Å². The van der Waals surface area contributed by atoms with Crippen molar-refractivity contribution in [3.63, 3.8) is 0 Å². The highest BCUT2D eigenvalue weighted by Crippen LogP contribution is 2.25. The van der Waals surface area contributed by atoms with Crippen molar-refractivity contribution in [3.05, 3.63) is 28.8 Å². The molecule has 0 bridgehead atoms. The smallest absolute Gasteiger partial charge is 0.254 e. The second-order valence-corrected chi connectivity index (χ2v) is 7.41. The quantitative estimate of drug-likeness (QED) is 0.834. The Labute approximate surface area is 161 Å². The SMILES string of the molecule is CN(C)C(=O)c1ccc(N[C@@H]2CCN(C3CCNCC3)C2)cc1Cl.Cl. The van der Waals surface area contributed by atoms with Gasteiger partial charge in [0, 0.05) is 45.0 Å². The molecule has 1 aromatic carbocycles. The number of rotatable bonds is 4. The van der Waals surface area contributed by atoms with E-state index in [0.717, 1.165) is 44.3 Å². The molecule has 1 aromatic rings. The second-order valence-electron chi connectivity index (χ2n) is 7.00. The van der Waals surface area contributed by atoms with Gasteiger partial charge in [-0.05, 0) is 50.6 Å². The highest BCUT2D eigenvalue weighted by Gasteiger charge is 2.29. The Morgan fingerprint density at radius 3 is 2.64 bits per heavy atom. The van der Waals surface area contributed by atoms with Crippen LogP contribution in [0, 0.1) is 0 Å². The number of nitrogens with one attached hydrogen (secondary N) is 2. The van der Waals surface area contributed by atoms with Crippen LogP contribution >= 0.6 is 24.0 Å². The van der Waals surface area contributed by atoms with Crippen molar-refractivity contribution in [1.82, 2.24) is 15.1 Å². The first-order valence-electron chi connectivity index (χ1n) is 8.77. The van der Waals surface area contributed by atoms with E-state index in [1.165, 1.54) is 12.8 Å². The molecule has 2 saturated heterocycles. The first-order valence-corrected chi connectivity index (χ1v) is 9.15. The predicted molar refractivity (Wildman–Crippen MR) is 106 cm³/mol. The maximum absolute atomic E-state index is 12.0. The monoisotopic (exact) mass is 386 g/mol. The lowest BCUT2D eigenvalue weighted by Crippen LogP contribution is -2.42. The number of halogens is 2. The maximum atomic E-state index is 12.0. The summed E-state index contributed by atoms with van der Waals surface area (Å²) < 4.78 is 0. The number of carbonyl (C=O) groups is 1. The van der Waals surface area contributed by atoms with Crippen molar-refractivity contribution in [2.24, 2.45) is 0 Å². The molecule has 0 unspecified atom stereocenters. The maximum Gasteiger partial charge on any atom is 0.254 e. The van der Waals surface area contributed by atoms with E-state index < -0.39 is 0 Å². The van der Waals surface area contributed by atoms with Crippen LogP contribution in [0.2, 0.25) is 5.02 Å². The number of likely N-dealkylation sites (tertiary alicyclic amines) is 1. The lowest BCUT2D eigenvalue weighted by atomic mass is 10.1. The molecular formula is C18H28Cl2N4O. The molecule has 0 aromatic heterocycles. The molecule has 25 heavy (non-hydrogen) atoms. The van der Waals surface area contributed by atoms with E-state index in [2.05, 4.69) is 15.5 Å². The third-order valence-electron chi connectivity index (χ3n) is 5.02. The van der Waals surface area contributed by atoms with E-state index in [4.69, 9.17) is 11.6 Å². The zero-order chi connectivity index (χ0) is 17.1. The Hall–Kier alpha value is -1.01. The van der Waals surface area contributed by atoms with Gasteiger partial charge < -0.3 is 15.5 Å². The fraction of sp³-hybridized carbons (Fsp3) is 0.611. The average Bonchev–Trinajstić information content (AvgIpc) is 3.03. The summed E-state index contributed by atoms with van der Waals surface area (Å²) in [5.74, 6) is -0.0653. The molecule has 0 aliphatic carbocycles. The number of benzene rings is 1. The summed E-state index contributed by atoms with van der Waals surface area (Å²) in [7, 11) is 3.47. The first-order chi connectivity index (χ1) is 11.5. The fourth-order valence-corrected chi connectivity index (χ4v) is 3.92. The van der Waals surface area contributed by atoms with E-state index in [1.807, 2.05) is 18.2 Å². The van der Waals surface area contributed by atoms with Crippen LogP contribution in [0.1, 0.15) is 29.6 Å². The average molecular weight is 387 g/mol. The van der Waals surface area contributed by atoms with Gasteiger partial charge in [0.25, 0.3) is 5.91 Å². The van der Waals surface area contributed by atoms with Crippen molar-refractivity contribution < 1.29 is 4.79 Å². The van der Waals surface area contributed by atoms with Crippen LogP contribution in [0.25, 0.3) is 0 Å². The number of hydrogen-bond acceptors (Lipinski definition) is 4. The standard InChI is InChI=1S/C18H27ClN4O.ClH/c1-22(2)18(24)16-4-3-13(11-17(16)19)21-14-7-10-23(12-14)15-5-8-20-9-6-15;/h3-4,11,14-15,20-21H,5-10,12H2,1-2H3;1H/t14-;/m1./s1. The van der Waals surface area contributed by atoms with Gasteiger partial charge in [-0.2, -0.15) is 0 Å². The molecule has 3 rings (SSSR count). The molecule has 2 aliphatic heterocycles. The van der Waals surface area contributed by atoms with Crippen LogP contribution in [0.4, 0.5) is 5.69 Å². The Morgan fingerprint density at radius 1 is 1.28 bits per heavy atom. The van der Waals surface area contributed by atoms with Crippen molar-refractivity contribution in [3.8, 4) is 0 Å². The van der Waals surface area contributed by atoms with Crippen molar-refractivity contribution in [1.29, 1.82) is 0 Å². The number of hydrogen-bond donors (Lipinski definition) is 2. The molecule has 0 saturated carbocycles. The Bertz CT molecular complexity index is 590. The highest BCUT2D eigenvalue weighted by atomic mass is 35.5. The summed E-state index contributed by atoms with van der Waals surface area (Å²) in [6.45, 7) is 4.51. The van der Waals surface area contributed by atoms with Gasteiger partial charge in [-0.25, -0.2) is 0 Å². The highest BCUT2D eigenvalue weighted by molar-refractivity contribution is 6.34. The van der Waals surface area contributed by atoms with Crippen LogP contribution in [0.3, 0.4) is 0 Å². The van der Waals surface area contributed by atoms with Crippen molar-refractivity contribution in [2.45, 2.75) is 31.3 Å². The van der Waals surface area contributed by atoms with E-state index in [9.17, 15) is 4.79 Å². The summed E-state index contributed by atoms with van der Waals surface area (Å²) in [4.78, 5) is 16.2. The van der Waals surface area contributed by atoms with Gasteiger partial charge in [0.2, 0.25) is 0 Å². The molecule has 140 valence electrons. The van der Waals surface area contributed by atoms with Gasteiger partial charge in [-0.15, -0.1) is 12.4 Å². The lowest BCUT2D eigenvalue weighted by Gasteiger charge is -2.31. The number of piperidine rings is 1. The van der Waals surface area contributed by atoms with E-state index in [1.54, 1.807) is 19.0 Å². The topological polar surface area (TPSA) is 47.6 Å². The molecule has 7 heteroatoms. The number of nitrogens with zero attached hydrogens (tertiary/aromatic N) is 2. The van der Waals surface area contributed by atoms with Gasteiger partial charge >= 0.3 is 0 Å². The second kappa shape index (κ2) is 9.08. The van der Waals surface area contributed by atoms with Gasteiger partial charge in [-0.3, -0.25) is 9.69 Å². The Balaban J connectivity index is 0.00000225. The first kappa shape index (κ1) is 20.3. The minimum atomic E-state index is -0.0653. The van der Waals surface area contributed by atoms with Gasteiger partial charge in [0.1, 0.15) is 0 Å². The van der Waals surface area contributed by atoms with E-state index >= 15 is 0 Å². The molecule has 1 atom stereocenters.